The van der Waals surface area contributed by atoms with E-state index in [4.69, 9.17) is 5.73 Å². The van der Waals surface area contributed by atoms with Crippen molar-refractivity contribution in [3.8, 4) is 0 Å². The zero-order valence-electron chi connectivity index (χ0n) is 12.9. The molecule has 0 bridgehead atoms. The lowest BCUT2D eigenvalue weighted by molar-refractivity contribution is -0.121. The van der Waals surface area contributed by atoms with Gasteiger partial charge in [0.05, 0.1) is 0 Å². The molecule has 22 heavy (non-hydrogen) atoms. The third kappa shape index (κ3) is 5.23. The van der Waals surface area contributed by atoms with Crippen LogP contribution in [0.3, 0.4) is 0 Å². The van der Waals surface area contributed by atoms with E-state index in [0.717, 1.165) is 6.42 Å². The van der Waals surface area contributed by atoms with Gasteiger partial charge in [-0.3, -0.25) is 9.59 Å². The van der Waals surface area contributed by atoms with Crippen LogP contribution in [-0.2, 0) is 11.2 Å². The number of nitrogens with one attached hydrogen (secondary N) is 1. The second-order valence-electron chi connectivity index (χ2n) is 4.15. The molecule has 1 aromatic heterocycles. The summed E-state index contributed by atoms with van der Waals surface area (Å²) >= 11 is 1.40. The van der Waals surface area contributed by atoms with Crippen molar-refractivity contribution in [2.24, 2.45) is 10.8 Å². The highest BCUT2D eigenvalue weighted by atomic mass is 32.2. The van der Waals surface area contributed by atoms with E-state index in [1.807, 2.05) is 13.8 Å². The van der Waals surface area contributed by atoms with E-state index in [-0.39, 0.29) is 30.0 Å². The number of carbonyl (C=O) groups is 1. The van der Waals surface area contributed by atoms with Gasteiger partial charge >= 0.3 is 0 Å². The van der Waals surface area contributed by atoms with Crippen LogP contribution < -0.4 is 16.6 Å². The number of fused-ring (bicyclic) bond motifs is 1. The Hall–Kier alpha value is -1.74. The second kappa shape index (κ2) is 10.1. The van der Waals surface area contributed by atoms with Crippen LogP contribution in [0.4, 0.5) is 0 Å². The third-order valence-electron chi connectivity index (χ3n) is 2.65. The van der Waals surface area contributed by atoms with Crippen molar-refractivity contribution in [3.63, 3.8) is 0 Å². The molecule has 0 aliphatic carbocycles. The Morgan fingerprint density at radius 2 is 2.23 bits per heavy atom. The van der Waals surface area contributed by atoms with Gasteiger partial charge in [-0.05, 0) is 13.0 Å². The Morgan fingerprint density at radius 1 is 1.45 bits per heavy atom. The maximum absolute atomic E-state index is 12.1. The summed E-state index contributed by atoms with van der Waals surface area (Å²) in [6, 6.07) is 0. The van der Waals surface area contributed by atoms with Crippen LogP contribution in [0.1, 0.15) is 32.4 Å². The molecule has 0 saturated carbocycles. The average molecular weight is 326 g/mol. The van der Waals surface area contributed by atoms with E-state index >= 15 is 0 Å². The van der Waals surface area contributed by atoms with Crippen molar-refractivity contribution < 1.29 is 4.79 Å². The minimum absolute atomic E-state index is 0.125. The lowest BCUT2D eigenvalue weighted by Gasteiger charge is -2.09. The van der Waals surface area contributed by atoms with Crippen molar-refractivity contribution in [1.29, 1.82) is 0 Å². The maximum Gasteiger partial charge on any atom is 0.296 e. The van der Waals surface area contributed by atoms with Gasteiger partial charge in [0.2, 0.25) is 11.1 Å². The van der Waals surface area contributed by atoms with E-state index in [0.29, 0.717) is 24.0 Å². The molecule has 0 spiro atoms. The molecule has 1 aromatic rings. The molecule has 0 radical (unpaired) electrons. The molecule has 0 saturated heterocycles. The van der Waals surface area contributed by atoms with Crippen molar-refractivity contribution in [3.05, 3.63) is 16.0 Å². The predicted molar refractivity (Wildman–Crippen MR) is 87.3 cm³/mol. The predicted octanol–water partition coefficient (Wildman–Crippen LogP) is 0.00170. The zero-order valence-corrected chi connectivity index (χ0v) is 13.7. The molecule has 2 rings (SSSR count). The molecule has 122 valence electrons. The summed E-state index contributed by atoms with van der Waals surface area (Å²) in [5, 5.41) is 15.0. The molecule has 0 aromatic carbocycles. The van der Waals surface area contributed by atoms with E-state index in [9.17, 15) is 9.59 Å². The van der Waals surface area contributed by atoms with Gasteiger partial charge in [-0.15, -0.1) is 10.2 Å². The van der Waals surface area contributed by atoms with Crippen LogP contribution in [0.2, 0.25) is 0 Å². The molecular weight excluding hydrogens is 304 g/mol. The van der Waals surface area contributed by atoms with Gasteiger partial charge < -0.3 is 11.1 Å². The number of thioether (sulfide) groups is 1. The first-order valence-electron chi connectivity index (χ1n) is 7.33. The summed E-state index contributed by atoms with van der Waals surface area (Å²) in [6.45, 7) is 5.08. The average Bonchev–Trinajstić information content (AvgIpc) is 2.56. The molecule has 0 unspecified atom stereocenters. The van der Waals surface area contributed by atoms with Gasteiger partial charge in [-0.1, -0.05) is 25.6 Å². The smallest absolute Gasteiger partial charge is 0.296 e. The van der Waals surface area contributed by atoms with Gasteiger partial charge in [-0.2, -0.15) is 9.78 Å². The van der Waals surface area contributed by atoms with Gasteiger partial charge in [0.15, 0.2) is 0 Å². The monoisotopic (exact) mass is 326 g/mol. The highest BCUT2D eigenvalue weighted by Gasteiger charge is 2.15. The molecule has 8 nitrogen and oxygen atoms in total. The summed E-state index contributed by atoms with van der Waals surface area (Å²) in [7, 11) is 0. The van der Waals surface area contributed by atoms with Crippen LogP contribution in [0.15, 0.2) is 15.1 Å². The third-order valence-corrected chi connectivity index (χ3v) is 3.48. The fourth-order valence-electron chi connectivity index (χ4n) is 1.62. The summed E-state index contributed by atoms with van der Waals surface area (Å²) in [5.41, 5.74) is 5.28. The van der Waals surface area contributed by atoms with E-state index in [1.54, 1.807) is 6.21 Å². The van der Waals surface area contributed by atoms with Crippen LogP contribution >= 0.6 is 11.8 Å². The highest BCUT2D eigenvalue weighted by molar-refractivity contribution is 7.99. The zero-order chi connectivity index (χ0) is 16.4. The SMILES string of the molecule is CC.NCCCNC(=O)CCc1nnc2n(c1=O)N=CCS2. The molecule has 0 atom stereocenters. The van der Waals surface area contributed by atoms with Gasteiger partial charge in [-0.25, -0.2) is 0 Å². The summed E-state index contributed by atoms with van der Waals surface area (Å²) < 4.78 is 1.23. The van der Waals surface area contributed by atoms with Crippen molar-refractivity contribution >= 4 is 23.9 Å². The minimum atomic E-state index is -0.312. The first-order chi connectivity index (χ1) is 10.7. The molecule has 3 N–H and O–H groups in total. The first-order valence-corrected chi connectivity index (χ1v) is 8.32. The summed E-state index contributed by atoms with van der Waals surface area (Å²) in [6.07, 6.45) is 2.83. The van der Waals surface area contributed by atoms with Gasteiger partial charge in [0.25, 0.3) is 5.56 Å². The van der Waals surface area contributed by atoms with Crippen LogP contribution in [0.25, 0.3) is 0 Å². The van der Waals surface area contributed by atoms with Crippen LogP contribution in [0, 0.1) is 0 Å². The normalized spacial score (nSPS) is 12.1. The number of aryl methyl sites for hydroxylation is 1. The Bertz CT molecular complexity index is 572. The van der Waals surface area contributed by atoms with E-state index in [1.165, 1.54) is 16.4 Å². The van der Waals surface area contributed by atoms with Crippen molar-refractivity contribution in [2.45, 2.75) is 38.3 Å². The quantitative estimate of drug-likeness (QED) is 0.711. The first kappa shape index (κ1) is 18.3. The number of nitrogens with zero attached hydrogens (tertiary/aromatic N) is 4. The highest BCUT2D eigenvalue weighted by Crippen LogP contribution is 2.14. The Morgan fingerprint density at radius 3 is 2.95 bits per heavy atom. The minimum Gasteiger partial charge on any atom is -0.356 e. The number of aromatic nitrogens is 3. The number of rotatable bonds is 6. The molecule has 9 heteroatoms. The van der Waals surface area contributed by atoms with Gasteiger partial charge in [0, 0.05) is 31.4 Å². The van der Waals surface area contributed by atoms with Gasteiger partial charge in [0.1, 0.15) is 5.69 Å². The molecule has 1 amide bonds. The number of nitrogens with two attached hydrogens (primary N) is 1. The fourth-order valence-corrected chi connectivity index (χ4v) is 2.26. The molecular formula is C13H22N6O2S. The Balaban J connectivity index is 0.00000116. The van der Waals surface area contributed by atoms with Crippen molar-refractivity contribution in [2.75, 3.05) is 18.8 Å². The number of carbonyl (C=O) groups excluding carboxylic acids is 1. The van der Waals surface area contributed by atoms with Crippen LogP contribution in [-0.4, -0.2) is 45.8 Å². The summed E-state index contributed by atoms with van der Waals surface area (Å²) in [4.78, 5) is 23.6. The Labute approximate surface area is 133 Å². The standard InChI is InChI=1S/C11H16N6O2S.C2H6/c12-4-1-5-13-9(18)3-2-8-10(19)17-11(16-15-8)20-7-6-14-17;1-2/h6H,1-5,7,12H2,(H,13,18);1-2H3. The summed E-state index contributed by atoms with van der Waals surface area (Å²) in [5.74, 6) is 0.553. The lowest BCUT2D eigenvalue weighted by Crippen LogP contribution is -2.30. The maximum atomic E-state index is 12.1. The van der Waals surface area contributed by atoms with Crippen LogP contribution in [0.5, 0.6) is 0 Å². The number of amides is 1. The van der Waals surface area contributed by atoms with E-state index in [2.05, 4.69) is 20.6 Å². The fraction of sp³-hybridized carbons (Fsp3) is 0.615. The molecule has 2 heterocycles. The second-order valence-corrected chi connectivity index (χ2v) is 5.13. The lowest BCUT2D eigenvalue weighted by atomic mass is 10.2. The molecule has 1 aliphatic heterocycles. The molecule has 0 fully saturated rings. The van der Waals surface area contributed by atoms with E-state index < -0.39 is 0 Å². The number of hydrogen-bond acceptors (Lipinski definition) is 7. The topological polar surface area (TPSA) is 115 Å². The van der Waals surface area contributed by atoms with Crippen molar-refractivity contribution in [1.82, 2.24) is 20.2 Å². The molecule has 1 aliphatic rings. The number of hydrogen-bond donors (Lipinski definition) is 2. The largest absolute Gasteiger partial charge is 0.356 e. The Kier molecular flexibility index (Phi) is 8.38.